The normalized spacial score (nSPS) is 10.2. The Balaban J connectivity index is 2.63. The molecule has 0 aliphatic heterocycles. The van der Waals surface area contributed by atoms with Gasteiger partial charge in [0.05, 0.1) is 10.6 Å². The van der Waals surface area contributed by atoms with Crippen molar-refractivity contribution in [2.45, 2.75) is 6.92 Å². The van der Waals surface area contributed by atoms with Gasteiger partial charge in [-0.1, -0.05) is 53.6 Å². The first-order chi connectivity index (χ1) is 8.09. The second-order valence-corrected chi connectivity index (χ2v) is 4.24. The van der Waals surface area contributed by atoms with Crippen molar-refractivity contribution in [1.29, 1.82) is 0 Å². The van der Waals surface area contributed by atoms with Crippen LogP contribution in [-0.4, -0.2) is 11.1 Å². The lowest BCUT2D eigenvalue weighted by Crippen LogP contribution is -2.00. The number of halogens is 1. The van der Waals surface area contributed by atoms with Gasteiger partial charge in [-0.15, -0.1) is 0 Å². The van der Waals surface area contributed by atoms with Gasteiger partial charge in [-0.3, -0.25) is 0 Å². The van der Waals surface area contributed by atoms with Gasteiger partial charge in [0.1, 0.15) is 0 Å². The SMILES string of the molecule is Cc1ccc(-c2cccc(Cl)c2C(=O)O)cc1. The van der Waals surface area contributed by atoms with Crippen molar-refractivity contribution in [2.75, 3.05) is 0 Å². The molecule has 2 rings (SSSR count). The number of aryl methyl sites for hydroxylation is 1. The van der Waals surface area contributed by atoms with Crippen molar-refractivity contribution < 1.29 is 9.90 Å². The van der Waals surface area contributed by atoms with Crippen LogP contribution < -0.4 is 0 Å². The third-order valence-corrected chi connectivity index (χ3v) is 2.91. The summed E-state index contributed by atoms with van der Waals surface area (Å²) in [6.45, 7) is 1.99. The maximum Gasteiger partial charge on any atom is 0.337 e. The molecule has 3 heteroatoms. The molecule has 0 unspecified atom stereocenters. The molecule has 2 aromatic carbocycles. The second kappa shape index (κ2) is 4.60. The summed E-state index contributed by atoms with van der Waals surface area (Å²) in [7, 11) is 0. The van der Waals surface area contributed by atoms with Crippen molar-refractivity contribution in [3.8, 4) is 11.1 Å². The highest BCUT2D eigenvalue weighted by atomic mass is 35.5. The molecule has 2 nitrogen and oxygen atoms in total. The summed E-state index contributed by atoms with van der Waals surface area (Å²) in [4.78, 5) is 11.2. The molecule has 1 N–H and O–H groups in total. The van der Waals surface area contributed by atoms with E-state index in [9.17, 15) is 9.90 Å². The Bertz CT molecular complexity index is 559. The maximum absolute atomic E-state index is 11.2. The number of carbonyl (C=O) groups is 1. The molecule has 0 fully saturated rings. The summed E-state index contributed by atoms with van der Waals surface area (Å²) >= 11 is 5.92. The Morgan fingerprint density at radius 1 is 1.12 bits per heavy atom. The van der Waals surface area contributed by atoms with Crippen LogP contribution in [0.2, 0.25) is 5.02 Å². The second-order valence-electron chi connectivity index (χ2n) is 3.83. The predicted octanol–water partition coefficient (Wildman–Crippen LogP) is 4.01. The number of aromatic carboxylic acids is 1. The minimum absolute atomic E-state index is 0.151. The van der Waals surface area contributed by atoms with Gasteiger partial charge in [-0.2, -0.15) is 0 Å². The van der Waals surface area contributed by atoms with Crippen LogP contribution in [-0.2, 0) is 0 Å². The monoisotopic (exact) mass is 246 g/mol. The molecule has 0 aliphatic rings. The van der Waals surface area contributed by atoms with Gasteiger partial charge < -0.3 is 5.11 Å². The Morgan fingerprint density at radius 2 is 1.76 bits per heavy atom. The van der Waals surface area contributed by atoms with Gasteiger partial charge in [0, 0.05) is 0 Å². The van der Waals surface area contributed by atoms with Crippen molar-refractivity contribution in [2.24, 2.45) is 0 Å². The highest BCUT2D eigenvalue weighted by molar-refractivity contribution is 6.34. The van der Waals surface area contributed by atoms with Crippen LogP contribution >= 0.6 is 11.6 Å². The smallest absolute Gasteiger partial charge is 0.337 e. The van der Waals surface area contributed by atoms with E-state index < -0.39 is 5.97 Å². The Labute approximate surface area is 104 Å². The number of hydrogen-bond donors (Lipinski definition) is 1. The van der Waals surface area contributed by atoms with Crippen LogP contribution in [0.25, 0.3) is 11.1 Å². The molecular formula is C14H11ClO2. The molecule has 0 bridgehead atoms. The summed E-state index contributed by atoms with van der Waals surface area (Å²) in [5.41, 5.74) is 2.78. The predicted molar refractivity (Wildman–Crippen MR) is 68.6 cm³/mol. The third kappa shape index (κ3) is 2.32. The number of benzene rings is 2. The third-order valence-electron chi connectivity index (χ3n) is 2.59. The van der Waals surface area contributed by atoms with Crippen molar-refractivity contribution in [3.63, 3.8) is 0 Å². The van der Waals surface area contributed by atoms with Crippen LogP contribution in [0.5, 0.6) is 0 Å². The van der Waals surface area contributed by atoms with Crippen molar-refractivity contribution >= 4 is 17.6 Å². The van der Waals surface area contributed by atoms with E-state index >= 15 is 0 Å². The number of hydrogen-bond acceptors (Lipinski definition) is 1. The Morgan fingerprint density at radius 3 is 2.35 bits per heavy atom. The maximum atomic E-state index is 11.2. The zero-order valence-electron chi connectivity index (χ0n) is 9.27. The standard InChI is InChI=1S/C14H11ClO2/c1-9-5-7-10(8-6-9)11-3-2-4-12(15)13(11)14(16)17/h2-8H,1H3,(H,16,17). The Kier molecular flexibility index (Phi) is 3.16. The highest BCUT2D eigenvalue weighted by Crippen LogP contribution is 2.29. The molecule has 0 saturated heterocycles. The van der Waals surface area contributed by atoms with Crippen LogP contribution in [0.15, 0.2) is 42.5 Å². The molecule has 2 aromatic rings. The average Bonchev–Trinajstić information content (AvgIpc) is 2.29. The first kappa shape index (κ1) is 11.7. The number of carboxylic acid groups (broad SMARTS) is 1. The van der Waals surface area contributed by atoms with Gasteiger partial charge in [0.25, 0.3) is 0 Å². The summed E-state index contributed by atoms with van der Waals surface area (Å²) in [5.74, 6) is -1.01. The van der Waals surface area contributed by atoms with Gasteiger partial charge in [0.2, 0.25) is 0 Å². The molecule has 0 saturated carbocycles. The van der Waals surface area contributed by atoms with Crippen molar-refractivity contribution in [1.82, 2.24) is 0 Å². The van der Waals surface area contributed by atoms with E-state index in [1.807, 2.05) is 31.2 Å². The minimum atomic E-state index is -1.01. The first-order valence-corrected chi connectivity index (χ1v) is 5.56. The van der Waals surface area contributed by atoms with Crippen LogP contribution in [0.1, 0.15) is 15.9 Å². The molecular weight excluding hydrogens is 236 g/mol. The zero-order valence-corrected chi connectivity index (χ0v) is 10.0. The minimum Gasteiger partial charge on any atom is -0.478 e. The molecule has 0 spiro atoms. The molecule has 0 amide bonds. The lowest BCUT2D eigenvalue weighted by Gasteiger charge is -2.08. The van der Waals surface area contributed by atoms with Crippen molar-refractivity contribution in [3.05, 3.63) is 58.6 Å². The topological polar surface area (TPSA) is 37.3 Å². The van der Waals surface area contributed by atoms with E-state index in [1.54, 1.807) is 18.2 Å². The summed E-state index contributed by atoms with van der Waals surface area (Å²) in [5, 5.41) is 9.44. The van der Waals surface area contributed by atoms with Gasteiger partial charge in [-0.05, 0) is 24.1 Å². The summed E-state index contributed by atoms with van der Waals surface area (Å²) in [6.07, 6.45) is 0. The van der Waals surface area contributed by atoms with E-state index in [-0.39, 0.29) is 10.6 Å². The molecule has 86 valence electrons. The quantitative estimate of drug-likeness (QED) is 0.869. The molecule has 0 aromatic heterocycles. The fourth-order valence-corrected chi connectivity index (χ4v) is 1.97. The lowest BCUT2D eigenvalue weighted by atomic mass is 9.99. The Hall–Kier alpha value is -1.80. The van der Waals surface area contributed by atoms with Crippen LogP contribution in [0.4, 0.5) is 0 Å². The highest BCUT2D eigenvalue weighted by Gasteiger charge is 2.15. The van der Waals surface area contributed by atoms with E-state index in [0.717, 1.165) is 11.1 Å². The average molecular weight is 247 g/mol. The van der Waals surface area contributed by atoms with E-state index in [0.29, 0.717) is 5.56 Å². The first-order valence-electron chi connectivity index (χ1n) is 5.18. The van der Waals surface area contributed by atoms with Crippen LogP contribution in [0, 0.1) is 6.92 Å². The van der Waals surface area contributed by atoms with E-state index in [2.05, 4.69) is 0 Å². The van der Waals surface area contributed by atoms with Gasteiger partial charge in [-0.25, -0.2) is 4.79 Å². The molecule has 0 radical (unpaired) electrons. The molecule has 0 heterocycles. The van der Waals surface area contributed by atoms with Gasteiger partial charge >= 0.3 is 5.97 Å². The summed E-state index contributed by atoms with van der Waals surface area (Å²) < 4.78 is 0. The molecule has 0 aliphatic carbocycles. The zero-order chi connectivity index (χ0) is 12.4. The van der Waals surface area contributed by atoms with Crippen LogP contribution in [0.3, 0.4) is 0 Å². The number of rotatable bonds is 2. The molecule has 0 atom stereocenters. The van der Waals surface area contributed by atoms with E-state index in [1.165, 1.54) is 0 Å². The lowest BCUT2D eigenvalue weighted by molar-refractivity contribution is 0.0698. The fraction of sp³-hybridized carbons (Fsp3) is 0.0714. The summed E-state index contributed by atoms with van der Waals surface area (Å²) in [6, 6.07) is 12.8. The fourth-order valence-electron chi connectivity index (χ4n) is 1.72. The molecule has 17 heavy (non-hydrogen) atoms. The van der Waals surface area contributed by atoms with Gasteiger partial charge in [0.15, 0.2) is 0 Å². The van der Waals surface area contributed by atoms with E-state index in [4.69, 9.17) is 11.6 Å². The number of carboxylic acids is 1. The largest absolute Gasteiger partial charge is 0.478 e.